The van der Waals surface area contributed by atoms with Crippen LogP contribution in [0.2, 0.25) is 5.02 Å². The van der Waals surface area contributed by atoms with Gasteiger partial charge in [-0.1, -0.05) is 23.7 Å². The van der Waals surface area contributed by atoms with Crippen molar-refractivity contribution in [3.8, 4) is 11.5 Å². The van der Waals surface area contributed by atoms with Gasteiger partial charge in [-0.2, -0.15) is 0 Å². The normalized spacial score (nSPS) is 10.5. The smallest absolute Gasteiger partial charge is 0.291 e. The second-order valence-corrected chi connectivity index (χ2v) is 5.87. The summed E-state index contributed by atoms with van der Waals surface area (Å²) in [6, 6.07) is 15.0. The molecule has 128 valence electrons. The predicted molar refractivity (Wildman–Crippen MR) is 95.3 cm³/mol. The molecule has 0 spiro atoms. The van der Waals surface area contributed by atoms with Gasteiger partial charge in [0.25, 0.3) is 5.91 Å². The van der Waals surface area contributed by atoms with Crippen molar-refractivity contribution in [3.05, 3.63) is 76.7 Å². The molecule has 0 aliphatic carbocycles. The monoisotopic (exact) mass is 357 g/mol. The summed E-state index contributed by atoms with van der Waals surface area (Å²) in [7, 11) is 0. The number of rotatable bonds is 5. The molecule has 1 aromatic heterocycles. The minimum absolute atomic E-state index is 0.0100. The van der Waals surface area contributed by atoms with Gasteiger partial charge in [0.05, 0.1) is 5.69 Å². The van der Waals surface area contributed by atoms with Crippen LogP contribution in [0.25, 0.3) is 0 Å². The zero-order chi connectivity index (χ0) is 17.8. The van der Waals surface area contributed by atoms with Gasteiger partial charge >= 0.3 is 0 Å². The van der Waals surface area contributed by atoms with Gasteiger partial charge < -0.3 is 19.6 Å². The Morgan fingerprint density at radius 1 is 1.20 bits per heavy atom. The summed E-state index contributed by atoms with van der Waals surface area (Å²) >= 11 is 5.91. The Morgan fingerprint density at radius 3 is 2.76 bits per heavy atom. The molecule has 0 fully saturated rings. The van der Waals surface area contributed by atoms with E-state index in [1.807, 2.05) is 13.0 Å². The summed E-state index contributed by atoms with van der Waals surface area (Å²) < 4.78 is 11.2. The number of para-hydroxylation sites is 2. The van der Waals surface area contributed by atoms with Crippen molar-refractivity contribution in [2.24, 2.45) is 0 Å². The number of nitrogens with one attached hydrogen (secondary N) is 1. The molecule has 2 N–H and O–H groups in total. The van der Waals surface area contributed by atoms with Crippen LogP contribution in [0.1, 0.15) is 21.9 Å². The summed E-state index contributed by atoms with van der Waals surface area (Å²) in [6.45, 7) is 2.08. The van der Waals surface area contributed by atoms with Crippen LogP contribution in [0.15, 0.2) is 59.0 Å². The van der Waals surface area contributed by atoms with Gasteiger partial charge in [0, 0.05) is 5.02 Å². The molecule has 6 heteroatoms. The fourth-order valence-electron chi connectivity index (χ4n) is 2.26. The third-order valence-electron chi connectivity index (χ3n) is 3.54. The van der Waals surface area contributed by atoms with Crippen molar-refractivity contribution >= 4 is 23.2 Å². The predicted octanol–water partition coefficient (Wildman–Crippen LogP) is 4.78. The van der Waals surface area contributed by atoms with Gasteiger partial charge in [-0.15, -0.1) is 0 Å². The fourth-order valence-corrected chi connectivity index (χ4v) is 2.49. The minimum atomic E-state index is -0.449. The highest BCUT2D eigenvalue weighted by atomic mass is 35.5. The largest absolute Gasteiger partial charge is 0.506 e. The Bertz CT molecular complexity index is 904. The average molecular weight is 358 g/mol. The Labute approximate surface area is 149 Å². The summed E-state index contributed by atoms with van der Waals surface area (Å²) in [5.41, 5.74) is 1.23. The number of aryl methyl sites for hydroxylation is 1. The van der Waals surface area contributed by atoms with Crippen LogP contribution in [0, 0.1) is 6.92 Å². The third-order valence-corrected chi connectivity index (χ3v) is 3.78. The lowest BCUT2D eigenvalue weighted by atomic mass is 10.2. The molecule has 0 aliphatic heterocycles. The molecule has 0 saturated heterocycles. The molecule has 25 heavy (non-hydrogen) atoms. The molecular formula is C19H16ClNO4. The van der Waals surface area contributed by atoms with E-state index >= 15 is 0 Å². The molecule has 3 aromatic rings. The Morgan fingerprint density at radius 2 is 2.00 bits per heavy atom. The topological polar surface area (TPSA) is 71.7 Å². The maximum Gasteiger partial charge on any atom is 0.291 e. The van der Waals surface area contributed by atoms with Crippen molar-refractivity contribution < 1.29 is 19.1 Å². The summed E-state index contributed by atoms with van der Waals surface area (Å²) in [5, 5.41) is 12.9. The van der Waals surface area contributed by atoms with Crippen LogP contribution in [0.4, 0.5) is 5.69 Å². The van der Waals surface area contributed by atoms with Gasteiger partial charge in [0.2, 0.25) is 0 Å². The Balaban J connectivity index is 1.64. The van der Waals surface area contributed by atoms with Crippen LogP contribution in [0.3, 0.4) is 0 Å². The van der Waals surface area contributed by atoms with E-state index in [0.29, 0.717) is 22.2 Å². The number of carbonyl (C=O) groups is 1. The van der Waals surface area contributed by atoms with Crippen LogP contribution in [-0.4, -0.2) is 11.0 Å². The van der Waals surface area contributed by atoms with Gasteiger partial charge in [-0.25, -0.2) is 0 Å². The fraction of sp³-hybridized carbons (Fsp3) is 0.105. The van der Waals surface area contributed by atoms with Crippen molar-refractivity contribution in [1.82, 2.24) is 0 Å². The van der Waals surface area contributed by atoms with Gasteiger partial charge in [0.1, 0.15) is 23.9 Å². The van der Waals surface area contributed by atoms with Gasteiger partial charge in [0.15, 0.2) is 5.76 Å². The van der Waals surface area contributed by atoms with E-state index in [1.54, 1.807) is 42.5 Å². The highest BCUT2D eigenvalue weighted by molar-refractivity contribution is 6.30. The zero-order valence-electron chi connectivity index (χ0n) is 13.5. The number of aromatic hydroxyl groups is 1. The number of amides is 1. The molecule has 0 bridgehead atoms. The molecule has 5 nitrogen and oxygen atoms in total. The number of anilines is 1. The van der Waals surface area contributed by atoms with Crippen LogP contribution in [-0.2, 0) is 6.61 Å². The summed E-state index contributed by atoms with van der Waals surface area (Å²) in [5.74, 6) is 0.882. The second-order valence-electron chi connectivity index (χ2n) is 5.44. The molecule has 0 aliphatic rings. The highest BCUT2D eigenvalue weighted by Gasteiger charge is 2.13. The quantitative estimate of drug-likeness (QED) is 0.645. The molecule has 3 rings (SSSR count). The van der Waals surface area contributed by atoms with E-state index in [4.69, 9.17) is 20.8 Å². The van der Waals surface area contributed by atoms with E-state index in [1.165, 1.54) is 6.07 Å². The molecule has 2 aromatic carbocycles. The van der Waals surface area contributed by atoms with Crippen molar-refractivity contribution in [2.75, 3.05) is 5.32 Å². The molecule has 1 heterocycles. The lowest BCUT2D eigenvalue weighted by Crippen LogP contribution is -2.10. The molecule has 0 radical (unpaired) electrons. The Hall–Kier alpha value is -2.92. The first kappa shape index (κ1) is 16.9. The van der Waals surface area contributed by atoms with Crippen LogP contribution in [0.5, 0.6) is 11.5 Å². The molecule has 0 unspecified atom stereocenters. The van der Waals surface area contributed by atoms with Gasteiger partial charge in [-0.3, -0.25) is 4.79 Å². The number of benzene rings is 2. The second kappa shape index (κ2) is 7.32. The maximum atomic E-state index is 12.2. The first-order chi connectivity index (χ1) is 12.0. The number of phenolic OH excluding ortho intramolecular Hbond substituents is 1. The van der Waals surface area contributed by atoms with Gasteiger partial charge in [-0.05, 0) is 55.0 Å². The maximum absolute atomic E-state index is 12.2. The van der Waals surface area contributed by atoms with Crippen molar-refractivity contribution in [2.45, 2.75) is 13.5 Å². The van der Waals surface area contributed by atoms with E-state index in [2.05, 4.69) is 5.32 Å². The standard InChI is InChI=1S/C19H16ClNO4/c1-12-10-13(20)6-8-17(12)24-11-14-7-9-18(25-14)19(23)21-15-4-2-3-5-16(15)22/h2-10,22H,11H2,1H3,(H,21,23). The zero-order valence-corrected chi connectivity index (χ0v) is 14.2. The van der Waals surface area contributed by atoms with E-state index in [0.717, 1.165) is 5.56 Å². The molecular weight excluding hydrogens is 342 g/mol. The lowest BCUT2D eigenvalue weighted by Gasteiger charge is -2.08. The number of hydrogen-bond donors (Lipinski definition) is 2. The number of hydrogen-bond acceptors (Lipinski definition) is 4. The number of phenols is 1. The SMILES string of the molecule is Cc1cc(Cl)ccc1OCc1ccc(C(=O)Nc2ccccc2O)o1. The van der Waals surface area contributed by atoms with E-state index < -0.39 is 5.91 Å². The average Bonchev–Trinajstić information content (AvgIpc) is 3.05. The van der Waals surface area contributed by atoms with Crippen LogP contribution >= 0.6 is 11.6 Å². The highest BCUT2D eigenvalue weighted by Crippen LogP contribution is 2.24. The van der Waals surface area contributed by atoms with Crippen molar-refractivity contribution in [1.29, 1.82) is 0 Å². The first-order valence-corrected chi connectivity index (χ1v) is 7.98. The number of carbonyl (C=O) groups excluding carboxylic acids is 1. The number of halogens is 1. The lowest BCUT2D eigenvalue weighted by molar-refractivity contribution is 0.0992. The van der Waals surface area contributed by atoms with E-state index in [9.17, 15) is 9.90 Å². The Kier molecular flexibility index (Phi) is 4.95. The molecule has 1 amide bonds. The van der Waals surface area contributed by atoms with Crippen LogP contribution < -0.4 is 10.1 Å². The molecule has 0 atom stereocenters. The minimum Gasteiger partial charge on any atom is -0.506 e. The first-order valence-electron chi connectivity index (χ1n) is 7.60. The summed E-state index contributed by atoms with van der Waals surface area (Å²) in [6.07, 6.45) is 0. The summed E-state index contributed by atoms with van der Waals surface area (Å²) in [4.78, 5) is 12.2. The molecule has 0 saturated carbocycles. The van der Waals surface area contributed by atoms with Crippen molar-refractivity contribution in [3.63, 3.8) is 0 Å². The third kappa shape index (κ3) is 4.14. The van der Waals surface area contributed by atoms with E-state index in [-0.39, 0.29) is 18.1 Å². The number of ether oxygens (including phenoxy) is 1. The number of furan rings is 1.